The molecular formula is C16H19N3O2S. The van der Waals surface area contributed by atoms with Gasteiger partial charge in [0.05, 0.1) is 12.8 Å². The highest BCUT2D eigenvalue weighted by atomic mass is 32.1. The van der Waals surface area contributed by atoms with Crippen LogP contribution in [-0.2, 0) is 4.79 Å². The van der Waals surface area contributed by atoms with Gasteiger partial charge in [0.2, 0.25) is 5.91 Å². The van der Waals surface area contributed by atoms with Crippen molar-refractivity contribution in [2.45, 2.75) is 25.3 Å². The van der Waals surface area contributed by atoms with Gasteiger partial charge in [0, 0.05) is 22.9 Å². The van der Waals surface area contributed by atoms with Gasteiger partial charge in [-0.05, 0) is 31.4 Å². The number of nitrogens with zero attached hydrogens (tertiary/aromatic N) is 1. The zero-order valence-electron chi connectivity index (χ0n) is 12.4. The molecule has 1 aromatic heterocycles. The Labute approximate surface area is 133 Å². The van der Waals surface area contributed by atoms with Crippen molar-refractivity contribution in [3.05, 3.63) is 29.6 Å². The van der Waals surface area contributed by atoms with Crippen molar-refractivity contribution in [2.24, 2.45) is 11.7 Å². The molecule has 0 aliphatic heterocycles. The first-order valence-corrected chi connectivity index (χ1v) is 8.20. The molecule has 22 heavy (non-hydrogen) atoms. The molecular weight excluding hydrogens is 298 g/mol. The Bertz CT molecular complexity index is 671. The lowest BCUT2D eigenvalue weighted by Crippen LogP contribution is -2.23. The number of hydrogen-bond acceptors (Lipinski definition) is 5. The summed E-state index contributed by atoms with van der Waals surface area (Å²) in [5.74, 6) is 0.801. The molecule has 6 heteroatoms. The zero-order chi connectivity index (χ0) is 15.5. The summed E-state index contributed by atoms with van der Waals surface area (Å²) >= 11 is 1.42. The van der Waals surface area contributed by atoms with E-state index in [2.05, 4.69) is 10.3 Å². The average molecular weight is 317 g/mol. The Morgan fingerprint density at radius 2 is 2.23 bits per heavy atom. The van der Waals surface area contributed by atoms with Gasteiger partial charge in [0.25, 0.3) is 0 Å². The lowest BCUT2D eigenvalue weighted by Gasteiger charge is -2.08. The molecule has 2 aromatic rings. The molecule has 1 aliphatic rings. The third-order valence-corrected chi connectivity index (χ3v) is 4.72. The number of para-hydroxylation sites is 1. The highest BCUT2D eigenvalue weighted by molar-refractivity contribution is 7.14. The summed E-state index contributed by atoms with van der Waals surface area (Å²) in [4.78, 5) is 16.7. The number of methoxy groups -OCH3 is 1. The van der Waals surface area contributed by atoms with E-state index in [1.54, 1.807) is 7.11 Å². The van der Waals surface area contributed by atoms with Gasteiger partial charge in [-0.25, -0.2) is 4.98 Å². The van der Waals surface area contributed by atoms with Crippen LogP contribution in [-0.4, -0.2) is 24.0 Å². The number of nitrogens with two attached hydrogens (primary N) is 1. The van der Waals surface area contributed by atoms with E-state index in [1.165, 1.54) is 11.3 Å². The van der Waals surface area contributed by atoms with E-state index < -0.39 is 0 Å². The smallest absolute Gasteiger partial charge is 0.229 e. The molecule has 1 heterocycles. The number of benzene rings is 1. The minimum Gasteiger partial charge on any atom is -0.496 e. The van der Waals surface area contributed by atoms with Crippen LogP contribution in [0.1, 0.15) is 19.3 Å². The van der Waals surface area contributed by atoms with E-state index in [9.17, 15) is 4.79 Å². The fourth-order valence-electron chi connectivity index (χ4n) is 2.77. The third kappa shape index (κ3) is 3.13. The van der Waals surface area contributed by atoms with Crippen LogP contribution in [0.25, 0.3) is 11.3 Å². The second kappa shape index (κ2) is 6.46. The van der Waals surface area contributed by atoms with Crippen molar-refractivity contribution in [3.63, 3.8) is 0 Å². The van der Waals surface area contributed by atoms with Crippen LogP contribution in [0, 0.1) is 5.92 Å². The van der Waals surface area contributed by atoms with Crippen LogP contribution >= 0.6 is 11.3 Å². The minimum absolute atomic E-state index is 0.00797. The van der Waals surface area contributed by atoms with Crippen molar-refractivity contribution >= 4 is 22.4 Å². The summed E-state index contributed by atoms with van der Waals surface area (Å²) in [5, 5.41) is 5.45. The number of rotatable bonds is 4. The molecule has 0 bridgehead atoms. The number of ether oxygens (including phenoxy) is 1. The Morgan fingerprint density at radius 3 is 2.95 bits per heavy atom. The predicted molar refractivity (Wildman–Crippen MR) is 88.0 cm³/mol. The summed E-state index contributed by atoms with van der Waals surface area (Å²) < 4.78 is 5.35. The number of carbonyl (C=O) groups is 1. The number of nitrogens with one attached hydrogen (secondary N) is 1. The maximum atomic E-state index is 12.2. The topological polar surface area (TPSA) is 77.2 Å². The van der Waals surface area contributed by atoms with Crippen molar-refractivity contribution in [1.82, 2.24) is 4.98 Å². The predicted octanol–water partition coefficient (Wildman–Crippen LogP) is 2.88. The lowest BCUT2D eigenvalue weighted by atomic mass is 10.1. The largest absolute Gasteiger partial charge is 0.496 e. The van der Waals surface area contributed by atoms with Crippen LogP contribution in [0.3, 0.4) is 0 Å². The maximum absolute atomic E-state index is 12.2. The van der Waals surface area contributed by atoms with Gasteiger partial charge in [-0.2, -0.15) is 0 Å². The highest BCUT2D eigenvalue weighted by Gasteiger charge is 2.28. The lowest BCUT2D eigenvalue weighted by molar-refractivity contribution is -0.119. The van der Waals surface area contributed by atoms with E-state index >= 15 is 0 Å². The number of anilines is 1. The minimum atomic E-state index is 0.00797. The van der Waals surface area contributed by atoms with Gasteiger partial charge in [0.15, 0.2) is 5.13 Å². The molecule has 0 radical (unpaired) electrons. The standard InChI is InChI=1S/C16H19N3O2S/c1-21-14-5-3-2-4-12(14)13-9-22-16(18-13)19-15(20)10-6-7-11(17)8-10/h2-5,9-11H,6-8,17H2,1H3,(H,18,19,20). The summed E-state index contributed by atoms with van der Waals surface area (Å²) in [6, 6.07) is 7.86. The molecule has 2 unspecified atom stereocenters. The maximum Gasteiger partial charge on any atom is 0.229 e. The van der Waals surface area contributed by atoms with E-state index in [1.807, 2.05) is 29.6 Å². The van der Waals surface area contributed by atoms with E-state index in [-0.39, 0.29) is 17.9 Å². The molecule has 3 rings (SSSR count). The molecule has 1 amide bonds. The number of thiazole rings is 1. The Morgan fingerprint density at radius 1 is 1.41 bits per heavy atom. The summed E-state index contributed by atoms with van der Waals surface area (Å²) in [7, 11) is 1.64. The molecule has 0 spiro atoms. The molecule has 1 saturated carbocycles. The molecule has 5 nitrogen and oxygen atoms in total. The van der Waals surface area contributed by atoms with Gasteiger partial charge in [-0.3, -0.25) is 4.79 Å². The number of carbonyl (C=O) groups excluding carboxylic acids is 1. The van der Waals surface area contributed by atoms with Gasteiger partial charge in [-0.1, -0.05) is 12.1 Å². The number of amides is 1. The van der Waals surface area contributed by atoms with Crippen LogP contribution < -0.4 is 15.8 Å². The van der Waals surface area contributed by atoms with Gasteiger partial charge < -0.3 is 15.8 Å². The summed E-state index contributed by atoms with van der Waals surface area (Å²) in [6.07, 6.45) is 2.54. The second-order valence-corrected chi connectivity index (χ2v) is 6.36. The Kier molecular flexibility index (Phi) is 4.40. The first kappa shape index (κ1) is 15.0. The van der Waals surface area contributed by atoms with Gasteiger partial charge in [0.1, 0.15) is 5.75 Å². The highest BCUT2D eigenvalue weighted by Crippen LogP contribution is 2.32. The molecule has 2 atom stereocenters. The van der Waals surface area contributed by atoms with Crippen LogP contribution in [0.2, 0.25) is 0 Å². The summed E-state index contributed by atoms with van der Waals surface area (Å²) in [6.45, 7) is 0. The molecule has 1 fully saturated rings. The van der Waals surface area contributed by atoms with Crippen LogP contribution in [0.15, 0.2) is 29.6 Å². The monoisotopic (exact) mass is 317 g/mol. The van der Waals surface area contributed by atoms with Gasteiger partial charge >= 0.3 is 0 Å². The van der Waals surface area contributed by atoms with Crippen molar-refractivity contribution < 1.29 is 9.53 Å². The fourth-order valence-corrected chi connectivity index (χ4v) is 3.49. The average Bonchev–Trinajstić information content (AvgIpc) is 3.16. The first-order valence-electron chi connectivity index (χ1n) is 7.32. The van der Waals surface area contributed by atoms with E-state index in [0.29, 0.717) is 5.13 Å². The Hall–Kier alpha value is -1.92. The first-order chi connectivity index (χ1) is 10.7. The molecule has 116 valence electrons. The molecule has 3 N–H and O–H groups in total. The SMILES string of the molecule is COc1ccccc1-c1csc(NC(=O)C2CCC(N)C2)n1. The Balaban J connectivity index is 1.72. The number of aromatic nitrogens is 1. The molecule has 1 aromatic carbocycles. The quantitative estimate of drug-likeness (QED) is 0.909. The van der Waals surface area contributed by atoms with Crippen LogP contribution in [0.4, 0.5) is 5.13 Å². The van der Waals surface area contributed by atoms with E-state index in [4.69, 9.17) is 10.5 Å². The fraction of sp³-hybridized carbons (Fsp3) is 0.375. The van der Waals surface area contributed by atoms with Crippen molar-refractivity contribution in [2.75, 3.05) is 12.4 Å². The van der Waals surface area contributed by atoms with Gasteiger partial charge in [-0.15, -0.1) is 11.3 Å². The molecule has 0 saturated heterocycles. The number of hydrogen-bond donors (Lipinski definition) is 2. The van der Waals surface area contributed by atoms with Crippen molar-refractivity contribution in [1.29, 1.82) is 0 Å². The zero-order valence-corrected chi connectivity index (χ0v) is 13.2. The van der Waals surface area contributed by atoms with Crippen LogP contribution in [0.5, 0.6) is 5.75 Å². The van der Waals surface area contributed by atoms with E-state index in [0.717, 1.165) is 36.3 Å². The van der Waals surface area contributed by atoms with Crippen molar-refractivity contribution in [3.8, 4) is 17.0 Å². The molecule has 1 aliphatic carbocycles. The normalized spacial score (nSPS) is 20.8. The second-order valence-electron chi connectivity index (χ2n) is 5.50. The summed E-state index contributed by atoms with van der Waals surface area (Å²) in [5.41, 5.74) is 7.59. The third-order valence-electron chi connectivity index (χ3n) is 3.96.